The van der Waals surface area contributed by atoms with E-state index in [1.165, 1.54) is 36.4 Å². The molecule has 4 nitrogen and oxygen atoms in total. The van der Waals surface area contributed by atoms with Crippen molar-refractivity contribution < 1.29 is 31.5 Å². The minimum atomic E-state index is -5.00. The van der Waals surface area contributed by atoms with E-state index in [9.17, 15) is 22.4 Å². The summed E-state index contributed by atoms with van der Waals surface area (Å²) in [7, 11) is 0. The van der Waals surface area contributed by atoms with E-state index in [-0.39, 0.29) is 39.7 Å². The molecule has 3 aromatic carbocycles. The lowest BCUT2D eigenvalue weighted by Crippen LogP contribution is -2.15. The minimum absolute atomic E-state index is 0.0614. The van der Waals surface area contributed by atoms with Crippen molar-refractivity contribution in [1.29, 1.82) is 0 Å². The molecule has 1 heterocycles. The summed E-state index contributed by atoms with van der Waals surface area (Å²) in [5, 5.41) is 0.00416. The number of halogens is 5. The summed E-state index contributed by atoms with van der Waals surface area (Å²) in [5.41, 5.74) is 0.0322. The van der Waals surface area contributed by atoms with E-state index >= 15 is 0 Å². The van der Waals surface area contributed by atoms with Gasteiger partial charge in [0.2, 0.25) is 11.2 Å². The summed E-state index contributed by atoms with van der Waals surface area (Å²) < 4.78 is 71.4. The van der Waals surface area contributed by atoms with Gasteiger partial charge >= 0.3 is 6.18 Å². The molecule has 0 aliphatic carbocycles. The third-order valence-electron chi connectivity index (χ3n) is 5.08. The van der Waals surface area contributed by atoms with Crippen LogP contribution in [0, 0.1) is 19.7 Å². The molecule has 34 heavy (non-hydrogen) atoms. The van der Waals surface area contributed by atoms with Gasteiger partial charge in [-0.15, -0.1) is 0 Å². The third-order valence-corrected chi connectivity index (χ3v) is 5.43. The van der Waals surface area contributed by atoms with E-state index < -0.39 is 28.9 Å². The maximum atomic E-state index is 14.0. The Morgan fingerprint density at radius 3 is 2.50 bits per heavy atom. The SMILES string of the molecule is Cc1ccc(C)c(Oc2c(C(F)(F)F)oc3cc(OCc4c(F)cccc4Cl)ccc3c2=O)c1. The standard InChI is InChI=1S/C25H17ClF4O4/c1-13-6-7-14(2)20(10-13)33-23-22(31)16-9-8-15(11-21(16)34-24(23)25(28,29)30)32-12-17-18(26)4-3-5-19(17)27/h3-11H,12H2,1-2H3. The quantitative estimate of drug-likeness (QED) is 0.269. The molecular weight excluding hydrogens is 476 g/mol. The number of aryl methyl sites for hydroxylation is 2. The average Bonchev–Trinajstić information content (AvgIpc) is 2.76. The van der Waals surface area contributed by atoms with Gasteiger partial charge in [-0.05, 0) is 55.3 Å². The molecule has 9 heteroatoms. The number of alkyl halides is 3. The van der Waals surface area contributed by atoms with Crippen molar-refractivity contribution in [3.05, 3.63) is 98.1 Å². The summed E-state index contributed by atoms with van der Waals surface area (Å²) in [6.45, 7) is 3.12. The zero-order valence-corrected chi connectivity index (χ0v) is 18.7. The van der Waals surface area contributed by atoms with E-state index in [0.29, 0.717) is 5.56 Å². The van der Waals surface area contributed by atoms with Gasteiger partial charge in [-0.1, -0.05) is 29.8 Å². The van der Waals surface area contributed by atoms with Crippen LogP contribution in [0.4, 0.5) is 17.6 Å². The molecule has 0 fully saturated rings. The Bertz CT molecular complexity index is 1420. The van der Waals surface area contributed by atoms with Gasteiger partial charge in [-0.25, -0.2) is 4.39 Å². The Hall–Kier alpha value is -3.52. The first-order chi connectivity index (χ1) is 16.0. The molecule has 0 spiro atoms. The monoisotopic (exact) mass is 492 g/mol. The lowest BCUT2D eigenvalue weighted by Gasteiger charge is -2.15. The molecule has 176 valence electrons. The Labute approximate surface area is 196 Å². The van der Waals surface area contributed by atoms with Crippen LogP contribution in [0.5, 0.6) is 17.2 Å². The first-order valence-corrected chi connectivity index (χ1v) is 10.4. The Morgan fingerprint density at radius 2 is 1.79 bits per heavy atom. The Kier molecular flexibility index (Phi) is 6.27. The highest BCUT2D eigenvalue weighted by molar-refractivity contribution is 6.31. The molecule has 0 radical (unpaired) electrons. The molecule has 0 N–H and O–H groups in total. The molecule has 0 aliphatic heterocycles. The van der Waals surface area contributed by atoms with Crippen molar-refractivity contribution in [2.24, 2.45) is 0 Å². The fourth-order valence-corrected chi connectivity index (χ4v) is 3.50. The summed E-state index contributed by atoms with van der Waals surface area (Å²) in [6.07, 6.45) is -5.00. The molecule has 4 aromatic rings. The molecule has 0 unspecified atom stereocenters. The Balaban J connectivity index is 1.76. The second kappa shape index (κ2) is 9.02. The minimum Gasteiger partial charge on any atom is -0.489 e. The number of hydrogen-bond donors (Lipinski definition) is 0. The number of rotatable bonds is 5. The van der Waals surface area contributed by atoms with Crippen LogP contribution >= 0.6 is 11.6 Å². The largest absolute Gasteiger partial charge is 0.489 e. The first kappa shape index (κ1) is 23.6. The molecule has 0 amide bonds. The zero-order valence-electron chi connectivity index (χ0n) is 17.9. The average molecular weight is 493 g/mol. The van der Waals surface area contributed by atoms with Crippen LogP contribution in [0.2, 0.25) is 5.02 Å². The van der Waals surface area contributed by atoms with Gasteiger partial charge in [0.05, 0.1) is 10.4 Å². The summed E-state index contributed by atoms with van der Waals surface area (Å²) in [5.74, 6) is -2.95. The summed E-state index contributed by atoms with van der Waals surface area (Å²) in [4.78, 5) is 13.0. The molecule has 0 saturated carbocycles. The fraction of sp³-hybridized carbons (Fsp3) is 0.160. The maximum Gasteiger partial charge on any atom is 0.453 e. The Morgan fingerprint density at radius 1 is 1.03 bits per heavy atom. The summed E-state index contributed by atoms with van der Waals surface area (Å²) >= 11 is 5.97. The highest BCUT2D eigenvalue weighted by Crippen LogP contribution is 2.39. The van der Waals surface area contributed by atoms with Crippen LogP contribution in [0.3, 0.4) is 0 Å². The number of ether oxygens (including phenoxy) is 2. The topological polar surface area (TPSA) is 48.7 Å². The number of benzene rings is 3. The van der Waals surface area contributed by atoms with E-state index in [0.717, 1.165) is 11.6 Å². The smallest absolute Gasteiger partial charge is 0.453 e. The van der Waals surface area contributed by atoms with Crippen LogP contribution < -0.4 is 14.9 Å². The normalized spacial score (nSPS) is 11.6. The molecular formula is C25H17ClF4O4. The lowest BCUT2D eigenvalue weighted by molar-refractivity contribution is -0.154. The molecule has 0 saturated heterocycles. The lowest BCUT2D eigenvalue weighted by atomic mass is 10.1. The van der Waals surface area contributed by atoms with Gasteiger partial charge in [0.1, 0.15) is 29.5 Å². The van der Waals surface area contributed by atoms with Gasteiger partial charge in [-0.3, -0.25) is 4.79 Å². The van der Waals surface area contributed by atoms with Crippen molar-refractivity contribution >= 4 is 22.6 Å². The number of hydrogen-bond acceptors (Lipinski definition) is 4. The second-order valence-corrected chi connectivity index (χ2v) is 8.01. The number of fused-ring (bicyclic) bond motifs is 1. The molecule has 4 rings (SSSR count). The van der Waals surface area contributed by atoms with Gasteiger partial charge in [-0.2, -0.15) is 13.2 Å². The predicted molar refractivity (Wildman–Crippen MR) is 119 cm³/mol. The van der Waals surface area contributed by atoms with Gasteiger partial charge in [0.15, 0.2) is 0 Å². The van der Waals surface area contributed by atoms with Crippen molar-refractivity contribution in [3.8, 4) is 17.2 Å². The highest BCUT2D eigenvalue weighted by atomic mass is 35.5. The van der Waals surface area contributed by atoms with Crippen LogP contribution in [-0.4, -0.2) is 0 Å². The van der Waals surface area contributed by atoms with Crippen molar-refractivity contribution in [2.75, 3.05) is 0 Å². The van der Waals surface area contributed by atoms with Gasteiger partial charge in [0, 0.05) is 11.6 Å². The third kappa shape index (κ3) is 4.72. The van der Waals surface area contributed by atoms with Crippen molar-refractivity contribution in [2.45, 2.75) is 26.6 Å². The highest BCUT2D eigenvalue weighted by Gasteiger charge is 2.40. The van der Waals surface area contributed by atoms with Crippen LogP contribution in [0.1, 0.15) is 22.5 Å². The molecule has 1 aromatic heterocycles. The zero-order chi connectivity index (χ0) is 24.6. The van der Waals surface area contributed by atoms with E-state index in [2.05, 4.69) is 0 Å². The van der Waals surface area contributed by atoms with Crippen LogP contribution in [-0.2, 0) is 12.8 Å². The molecule has 0 atom stereocenters. The predicted octanol–water partition coefficient (Wildman–Crippen LogP) is 7.59. The van der Waals surface area contributed by atoms with Crippen molar-refractivity contribution in [1.82, 2.24) is 0 Å². The molecule has 0 bridgehead atoms. The maximum absolute atomic E-state index is 14.0. The van der Waals surface area contributed by atoms with Crippen molar-refractivity contribution in [3.63, 3.8) is 0 Å². The van der Waals surface area contributed by atoms with E-state index in [4.69, 9.17) is 25.5 Å². The molecule has 0 aliphatic rings. The second-order valence-electron chi connectivity index (χ2n) is 7.61. The van der Waals surface area contributed by atoms with E-state index in [1.54, 1.807) is 26.0 Å². The van der Waals surface area contributed by atoms with Gasteiger partial charge in [0.25, 0.3) is 5.76 Å². The fourth-order valence-electron chi connectivity index (χ4n) is 3.28. The van der Waals surface area contributed by atoms with Gasteiger partial charge < -0.3 is 13.9 Å². The first-order valence-electron chi connectivity index (χ1n) is 10.0. The van der Waals surface area contributed by atoms with E-state index in [1.807, 2.05) is 0 Å². The van der Waals surface area contributed by atoms with Crippen LogP contribution in [0.15, 0.2) is 63.8 Å². The van der Waals surface area contributed by atoms with Crippen LogP contribution in [0.25, 0.3) is 11.0 Å². The summed E-state index contributed by atoms with van der Waals surface area (Å²) in [6, 6.07) is 12.8.